The maximum atomic E-state index is 13.2. The van der Waals surface area contributed by atoms with Gasteiger partial charge < -0.3 is 44.8 Å². The van der Waals surface area contributed by atoms with Crippen molar-refractivity contribution in [2.75, 3.05) is 39.4 Å². The first-order valence-electron chi connectivity index (χ1n) is 21.8. The number of aryl methyl sites for hydroxylation is 2. The number of H-pyrrole nitrogens is 1. The van der Waals surface area contributed by atoms with Gasteiger partial charge in [-0.3, -0.25) is 9.69 Å². The molecule has 0 radical (unpaired) electrons. The number of fused-ring (bicyclic) bond motifs is 4. The van der Waals surface area contributed by atoms with Crippen LogP contribution in [0.2, 0.25) is 0 Å². The molecule has 5 N–H and O–H groups in total. The molecule has 5 aromatic carbocycles. The second-order valence-electron chi connectivity index (χ2n) is 16.6. The number of ether oxygens (including phenoxy) is 4. The molecule has 64 heavy (non-hydrogen) atoms. The maximum Gasteiger partial charge on any atom is 0.408 e. The van der Waals surface area contributed by atoms with Gasteiger partial charge in [-0.05, 0) is 121 Å². The van der Waals surface area contributed by atoms with Gasteiger partial charge in [0.1, 0.15) is 43.2 Å². The SMILES string of the molecule is Cc1cc(CNC[C@H](O)c2ccc(O)c3[nH]c(=O)ccc23)cc(C)c1OCCOC(=O)c1ccc(COc2cccc([C@@H](NC(=O)O[C@H]3CN4CCC3CC4)c3ccccc3)c2)cc1. The molecule has 1 aromatic heterocycles. The van der Waals surface area contributed by atoms with Crippen molar-refractivity contribution >= 4 is 23.0 Å². The van der Waals surface area contributed by atoms with Crippen LogP contribution >= 0.6 is 0 Å². The molecule has 0 spiro atoms. The highest BCUT2D eigenvalue weighted by atomic mass is 16.6. The second-order valence-corrected chi connectivity index (χ2v) is 16.6. The number of benzene rings is 5. The number of carbonyl (C=O) groups excluding carboxylic acids is 2. The van der Waals surface area contributed by atoms with Crippen LogP contribution in [0.5, 0.6) is 17.2 Å². The Morgan fingerprint density at radius 3 is 2.31 bits per heavy atom. The number of aromatic hydroxyl groups is 1. The first kappa shape index (κ1) is 44.0. The minimum Gasteiger partial charge on any atom is -0.506 e. The number of phenolic OH excluding ortho intramolecular Hbond substituents is 1. The zero-order valence-electron chi connectivity index (χ0n) is 36.0. The van der Waals surface area contributed by atoms with E-state index in [1.165, 1.54) is 12.1 Å². The fourth-order valence-corrected chi connectivity index (χ4v) is 8.77. The first-order chi connectivity index (χ1) is 31.1. The molecule has 4 heterocycles. The summed E-state index contributed by atoms with van der Waals surface area (Å²) in [6.07, 6.45) is 0.735. The number of hydrogen-bond acceptors (Lipinski definition) is 11. The van der Waals surface area contributed by atoms with Gasteiger partial charge in [0.2, 0.25) is 5.56 Å². The Kier molecular flexibility index (Phi) is 13.9. The number of nitrogens with one attached hydrogen (secondary N) is 3. The number of carbonyl (C=O) groups is 2. The average Bonchev–Trinajstić information content (AvgIpc) is 3.30. The number of rotatable bonds is 17. The lowest BCUT2D eigenvalue weighted by Crippen LogP contribution is -2.52. The predicted octanol–water partition coefficient (Wildman–Crippen LogP) is 7.40. The Morgan fingerprint density at radius 1 is 0.828 bits per heavy atom. The van der Waals surface area contributed by atoms with E-state index in [1.54, 1.807) is 24.3 Å². The largest absolute Gasteiger partial charge is 0.506 e. The number of aliphatic hydroxyl groups excluding tert-OH is 1. The quantitative estimate of drug-likeness (QED) is 0.0457. The summed E-state index contributed by atoms with van der Waals surface area (Å²) in [5.41, 5.74) is 6.49. The third-order valence-corrected chi connectivity index (χ3v) is 12.1. The van der Waals surface area contributed by atoms with E-state index in [1.807, 2.05) is 92.7 Å². The second kappa shape index (κ2) is 20.2. The summed E-state index contributed by atoms with van der Waals surface area (Å²) in [7, 11) is 0. The molecule has 3 saturated heterocycles. The Labute approximate surface area is 372 Å². The lowest BCUT2D eigenvalue weighted by Gasteiger charge is -2.43. The molecular formula is C51H54N4O9. The number of aromatic amines is 1. The Bertz CT molecular complexity index is 2600. The molecule has 1 amide bonds. The predicted molar refractivity (Wildman–Crippen MR) is 243 cm³/mol. The summed E-state index contributed by atoms with van der Waals surface area (Å²) >= 11 is 0. The molecule has 9 rings (SSSR count). The van der Waals surface area contributed by atoms with E-state index in [0.29, 0.717) is 46.0 Å². The Balaban J connectivity index is 0.785. The van der Waals surface area contributed by atoms with Crippen LogP contribution in [0.3, 0.4) is 0 Å². The molecule has 0 aliphatic carbocycles. The van der Waals surface area contributed by atoms with Crippen molar-refractivity contribution in [1.82, 2.24) is 20.5 Å². The number of hydrogen-bond donors (Lipinski definition) is 5. The van der Waals surface area contributed by atoms with Gasteiger partial charge in [0.05, 0.1) is 23.2 Å². The topological polar surface area (TPSA) is 172 Å². The zero-order chi connectivity index (χ0) is 44.6. The first-order valence-corrected chi connectivity index (χ1v) is 21.8. The minimum absolute atomic E-state index is 0.0561. The summed E-state index contributed by atoms with van der Waals surface area (Å²) in [5.74, 6) is 1.26. The molecule has 3 atom stereocenters. The Morgan fingerprint density at radius 2 is 1.58 bits per heavy atom. The van der Waals surface area contributed by atoms with Gasteiger partial charge in [0.25, 0.3) is 0 Å². The number of nitrogens with zero attached hydrogens (tertiary/aromatic N) is 1. The fraction of sp³-hybridized carbons (Fsp3) is 0.314. The van der Waals surface area contributed by atoms with Crippen molar-refractivity contribution in [3.8, 4) is 17.2 Å². The molecule has 13 heteroatoms. The molecule has 13 nitrogen and oxygen atoms in total. The van der Waals surface area contributed by atoms with Crippen molar-refractivity contribution in [2.45, 2.75) is 58.1 Å². The van der Waals surface area contributed by atoms with Gasteiger partial charge >= 0.3 is 12.1 Å². The van der Waals surface area contributed by atoms with E-state index >= 15 is 0 Å². The van der Waals surface area contributed by atoms with Crippen LogP contribution in [0.1, 0.15) is 74.3 Å². The summed E-state index contributed by atoms with van der Waals surface area (Å²) in [5, 5.41) is 28.1. The van der Waals surface area contributed by atoms with Crippen LogP contribution in [-0.2, 0) is 22.6 Å². The molecule has 6 aromatic rings. The van der Waals surface area contributed by atoms with Crippen molar-refractivity contribution < 1.29 is 38.7 Å². The van der Waals surface area contributed by atoms with Crippen LogP contribution in [-0.4, -0.2) is 77.7 Å². The molecule has 2 bridgehead atoms. The van der Waals surface area contributed by atoms with E-state index in [4.69, 9.17) is 18.9 Å². The van der Waals surface area contributed by atoms with Crippen LogP contribution in [0.25, 0.3) is 10.9 Å². The van der Waals surface area contributed by atoms with Crippen molar-refractivity contribution in [2.24, 2.45) is 5.92 Å². The van der Waals surface area contributed by atoms with Crippen LogP contribution in [0.15, 0.2) is 120 Å². The monoisotopic (exact) mass is 866 g/mol. The highest BCUT2D eigenvalue weighted by Gasteiger charge is 2.37. The van der Waals surface area contributed by atoms with Crippen LogP contribution in [0, 0.1) is 19.8 Å². The molecule has 0 unspecified atom stereocenters. The number of esters is 1. The Hall–Kier alpha value is -6.67. The van der Waals surface area contributed by atoms with Gasteiger partial charge in [-0.2, -0.15) is 0 Å². The highest BCUT2D eigenvalue weighted by molar-refractivity contribution is 5.89. The number of pyridine rings is 1. The summed E-state index contributed by atoms with van der Waals surface area (Å²) in [6.45, 7) is 8.10. The third-order valence-electron chi connectivity index (χ3n) is 12.1. The van der Waals surface area contributed by atoms with Gasteiger partial charge in [-0.15, -0.1) is 0 Å². The number of aliphatic hydroxyl groups is 1. The van der Waals surface area contributed by atoms with Crippen molar-refractivity contribution in [1.29, 1.82) is 0 Å². The zero-order valence-corrected chi connectivity index (χ0v) is 36.0. The average molecular weight is 867 g/mol. The third kappa shape index (κ3) is 10.7. The normalized spacial score (nSPS) is 17.6. The van der Waals surface area contributed by atoms with Gasteiger partial charge in [-0.25, -0.2) is 9.59 Å². The van der Waals surface area contributed by atoms with Gasteiger partial charge in [-0.1, -0.05) is 72.8 Å². The van der Waals surface area contributed by atoms with E-state index in [9.17, 15) is 24.6 Å². The molecular weight excluding hydrogens is 813 g/mol. The summed E-state index contributed by atoms with van der Waals surface area (Å²) < 4.78 is 23.7. The number of amides is 1. The molecule has 0 saturated carbocycles. The van der Waals surface area contributed by atoms with Crippen LogP contribution < -0.4 is 25.7 Å². The molecule has 332 valence electrons. The highest BCUT2D eigenvalue weighted by Crippen LogP contribution is 2.32. The van der Waals surface area contributed by atoms with E-state index < -0.39 is 24.2 Å². The van der Waals surface area contributed by atoms with E-state index in [-0.39, 0.29) is 43.8 Å². The standard InChI is InChI=1S/C51H54N4O9/c1-32-25-35(28-52-29-44(57)41-15-17-43(56)48-42(41)16-18-46(58)53-48)26-33(2)49(32)61-23-24-62-50(59)38-13-11-34(12-14-38)31-63-40-10-6-9-39(27-40)47(37-7-4-3-5-8-37)54-51(60)64-45-30-55-21-19-36(45)20-22-55/h3-18,25-27,36,44-45,47,52,56-57H,19-24,28-31H2,1-2H3,(H,53,58)(H,54,60)/t44-,45-,47-/m0/s1. The molecule has 3 aliphatic heterocycles. The van der Waals surface area contributed by atoms with Gasteiger partial charge in [0, 0.05) is 31.1 Å². The summed E-state index contributed by atoms with van der Waals surface area (Å²) in [6, 6.07) is 34.2. The number of alkyl carbamates (subject to hydrolysis) is 1. The van der Waals surface area contributed by atoms with Crippen molar-refractivity contribution in [3.63, 3.8) is 0 Å². The lowest BCUT2D eigenvalue weighted by molar-refractivity contribution is -0.0336. The molecule has 3 aliphatic rings. The number of phenols is 1. The lowest BCUT2D eigenvalue weighted by atomic mass is 9.86. The van der Waals surface area contributed by atoms with E-state index in [2.05, 4.69) is 20.5 Å². The fourth-order valence-electron chi connectivity index (χ4n) is 8.77. The molecule has 3 fully saturated rings. The van der Waals surface area contributed by atoms with Crippen molar-refractivity contribution in [3.05, 3.63) is 170 Å². The minimum atomic E-state index is -0.870. The van der Waals surface area contributed by atoms with Gasteiger partial charge in [0.15, 0.2) is 0 Å². The van der Waals surface area contributed by atoms with Crippen LogP contribution in [0.4, 0.5) is 4.79 Å². The van der Waals surface area contributed by atoms with E-state index in [0.717, 1.165) is 65.9 Å². The maximum absolute atomic E-state index is 13.2. The smallest absolute Gasteiger partial charge is 0.408 e. The summed E-state index contributed by atoms with van der Waals surface area (Å²) in [4.78, 5) is 42.9. The number of piperidine rings is 3. The number of aromatic nitrogens is 1.